The molecule has 12 heavy (non-hydrogen) atoms. The minimum Gasteiger partial charge on any atom is -1.00 e. The Morgan fingerprint density at radius 1 is 0.833 bits per heavy atom. The molecule has 0 aromatic heterocycles. The van der Waals surface area contributed by atoms with Gasteiger partial charge in [-0.15, -0.1) is 8.58 Å². The van der Waals surface area contributed by atoms with E-state index in [9.17, 15) is 0 Å². The summed E-state index contributed by atoms with van der Waals surface area (Å²) in [6.45, 7) is 4.56. The number of rotatable bonds is 8. The fourth-order valence-corrected chi connectivity index (χ4v) is 2.37. The second-order valence-corrected chi connectivity index (χ2v) is 4.66. The van der Waals surface area contributed by atoms with Crippen LogP contribution in [-0.4, -0.2) is 12.3 Å². The van der Waals surface area contributed by atoms with Crippen molar-refractivity contribution in [1.29, 1.82) is 0 Å². The molecule has 2 heteroatoms. The van der Waals surface area contributed by atoms with E-state index in [0.717, 1.165) is 0 Å². The number of unbranched alkanes of at least 4 members (excludes halogenated alkanes) is 4. The quantitative estimate of drug-likeness (QED) is 0.323. The monoisotopic (exact) mass is 214 g/mol. The van der Waals surface area contributed by atoms with E-state index in [1.165, 1.54) is 59.4 Å². The summed E-state index contributed by atoms with van der Waals surface area (Å²) >= 11 is 0. The largest absolute Gasteiger partial charge is 1.00 e. The smallest absolute Gasteiger partial charge is 1.00 e. The predicted octanol–water partition coefficient (Wildman–Crippen LogP) is 1.16. The second-order valence-electron chi connectivity index (χ2n) is 3.16. The van der Waals surface area contributed by atoms with Gasteiger partial charge in [-0.05, 0) is 25.2 Å². The molecule has 0 spiro atoms. The first-order chi connectivity index (χ1) is 5.41. The van der Waals surface area contributed by atoms with Crippen LogP contribution in [0.2, 0.25) is 0 Å². The van der Waals surface area contributed by atoms with Crippen LogP contribution in [0.3, 0.4) is 0 Å². The van der Waals surface area contributed by atoms with Crippen LogP contribution in [-0.2, 0) is 0 Å². The van der Waals surface area contributed by atoms with E-state index in [-0.39, 0.29) is 52.8 Å². The Morgan fingerprint density at radius 2 is 1.25 bits per heavy atom. The Morgan fingerprint density at radius 3 is 1.58 bits per heavy atom. The molecule has 0 aromatic rings. The van der Waals surface area contributed by atoms with Crippen molar-refractivity contribution in [3.63, 3.8) is 0 Å². The van der Waals surface area contributed by atoms with Gasteiger partial charge in [0.1, 0.15) is 0 Å². The third-order valence-electron chi connectivity index (χ3n) is 1.91. The Balaban J connectivity index is -0.000000500. The minimum atomic E-state index is 0. The van der Waals surface area contributed by atoms with Crippen LogP contribution in [0.1, 0.15) is 53.8 Å². The molecular formula is C10H24KP. The summed E-state index contributed by atoms with van der Waals surface area (Å²) in [5.74, 6) is 0. The predicted molar refractivity (Wildman–Crippen MR) is 58.2 cm³/mol. The van der Waals surface area contributed by atoms with Crippen molar-refractivity contribution >= 4 is 8.58 Å². The standard InChI is InChI=1S/C10H23P.K.H/c1-3-5-7-9-11-10-8-6-4-2;;/h11H,3-10H2,1-2H3;;/q;+1;-1. The van der Waals surface area contributed by atoms with Crippen LogP contribution >= 0.6 is 8.58 Å². The molecule has 0 bridgehead atoms. The molecule has 0 unspecified atom stereocenters. The fourth-order valence-electron chi connectivity index (χ4n) is 1.12. The van der Waals surface area contributed by atoms with E-state index in [1.54, 1.807) is 0 Å². The van der Waals surface area contributed by atoms with E-state index in [4.69, 9.17) is 0 Å². The van der Waals surface area contributed by atoms with E-state index in [1.807, 2.05) is 0 Å². The second kappa shape index (κ2) is 15.5. The molecule has 0 nitrogen and oxygen atoms in total. The van der Waals surface area contributed by atoms with Crippen LogP contribution in [0.25, 0.3) is 0 Å². The average Bonchev–Trinajstić information content (AvgIpc) is 2.03. The summed E-state index contributed by atoms with van der Waals surface area (Å²) in [4.78, 5) is 0. The SMILES string of the molecule is CCCCCPCCCCC.[H-].[K+]. The molecule has 0 N–H and O–H groups in total. The molecule has 0 aliphatic rings. The first-order valence-corrected chi connectivity index (χ1v) is 6.54. The minimum absolute atomic E-state index is 0. The maximum absolute atomic E-state index is 2.28. The van der Waals surface area contributed by atoms with Crippen LogP contribution in [0, 0.1) is 0 Å². The molecule has 70 valence electrons. The molecule has 0 aliphatic carbocycles. The van der Waals surface area contributed by atoms with Crippen molar-refractivity contribution in [3.05, 3.63) is 0 Å². The van der Waals surface area contributed by atoms with Gasteiger partial charge in [0, 0.05) is 0 Å². The van der Waals surface area contributed by atoms with Crippen LogP contribution in [0.15, 0.2) is 0 Å². The Labute approximate surface area is 124 Å². The van der Waals surface area contributed by atoms with Crippen molar-refractivity contribution in [2.75, 3.05) is 12.3 Å². The van der Waals surface area contributed by atoms with E-state index >= 15 is 0 Å². The van der Waals surface area contributed by atoms with Gasteiger partial charge in [-0.3, -0.25) is 0 Å². The van der Waals surface area contributed by atoms with Crippen molar-refractivity contribution in [2.24, 2.45) is 0 Å². The van der Waals surface area contributed by atoms with E-state index in [2.05, 4.69) is 13.8 Å². The van der Waals surface area contributed by atoms with Crippen molar-refractivity contribution in [1.82, 2.24) is 0 Å². The third-order valence-corrected chi connectivity index (χ3v) is 3.33. The molecule has 0 saturated carbocycles. The Bertz CT molecular complexity index is 63.9. The molecule has 0 fully saturated rings. The maximum atomic E-state index is 2.28. The van der Waals surface area contributed by atoms with Gasteiger partial charge in [0.15, 0.2) is 0 Å². The first kappa shape index (κ1) is 16.5. The molecule has 0 radical (unpaired) electrons. The maximum Gasteiger partial charge on any atom is 1.00 e. The molecule has 0 amide bonds. The van der Waals surface area contributed by atoms with E-state index < -0.39 is 0 Å². The van der Waals surface area contributed by atoms with Crippen molar-refractivity contribution in [3.8, 4) is 0 Å². The Kier molecular flexibility index (Phi) is 21.4. The van der Waals surface area contributed by atoms with Gasteiger partial charge >= 0.3 is 51.4 Å². The van der Waals surface area contributed by atoms with Crippen molar-refractivity contribution < 1.29 is 52.8 Å². The van der Waals surface area contributed by atoms with Gasteiger partial charge < -0.3 is 1.43 Å². The molecule has 0 saturated heterocycles. The molecular weight excluding hydrogens is 190 g/mol. The van der Waals surface area contributed by atoms with Crippen LogP contribution in [0.4, 0.5) is 0 Å². The summed E-state index contributed by atoms with van der Waals surface area (Å²) in [5, 5.41) is 0. The first-order valence-electron chi connectivity index (χ1n) is 5.12. The zero-order chi connectivity index (χ0) is 8.36. The summed E-state index contributed by atoms with van der Waals surface area (Å²) in [6.07, 6.45) is 11.6. The topological polar surface area (TPSA) is 0 Å². The van der Waals surface area contributed by atoms with Gasteiger partial charge in [0.05, 0.1) is 0 Å². The summed E-state index contributed by atoms with van der Waals surface area (Å²) in [7, 11) is 1.25. The molecule has 0 aromatic carbocycles. The zero-order valence-corrected chi connectivity index (χ0v) is 13.3. The van der Waals surface area contributed by atoms with Crippen LogP contribution < -0.4 is 51.4 Å². The van der Waals surface area contributed by atoms with Gasteiger partial charge in [-0.2, -0.15) is 0 Å². The molecule has 0 atom stereocenters. The summed E-state index contributed by atoms with van der Waals surface area (Å²) < 4.78 is 0. The van der Waals surface area contributed by atoms with Crippen LogP contribution in [0.5, 0.6) is 0 Å². The van der Waals surface area contributed by atoms with E-state index in [0.29, 0.717) is 0 Å². The fraction of sp³-hybridized carbons (Fsp3) is 1.00. The van der Waals surface area contributed by atoms with Gasteiger partial charge in [-0.1, -0.05) is 39.5 Å². The van der Waals surface area contributed by atoms with Gasteiger partial charge in [0.2, 0.25) is 0 Å². The zero-order valence-electron chi connectivity index (χ0n) is 10.2. The number of hydrogen-bond acceptors (Lipinski definition) is 0. The molecule has 0 aliphatic heterocycles. The third kappa shape index (κ3) is 14.6. The average molecular weight is 214 g/mol. The van der Waals surface area contributed by atoms with Gasteiger partial charge in [0.25, 0.3) is 0 Å². The number of hydrogen-bond donors (Lipinski definition) is 0. The molecule has 0 rings (SSSR count). The summed E-state index contributed by atoms with van der Waals surface area (Å²) in [6, 6.07) is 0. The molecule has 0 heterocycles. The van der Waals surface area contributed by atoms with Crippen molar-refractivity contribution in [2.45, 2.75) is 52.4 Å². The Hall–Kier alpha value is 2.07. The summed E-state index contributed by atoms with van der Waals surface area (Å²) in [5.41, 5.74) is 0. The van der Waals surface area contributed by atoms with Gasteiger partial charge in [-0.25, -0.2) is 0 Å². The normalized spacial score (nSPS) is 9.50.